The van der Waals surface area contributed by atoms with E-state index in [4.69, 9.17) is 4.74 Å². The van der Waals surface area contributed by atoms with Gasteiger partial charge in [-0.2, -0.15) is 0 Å². The summed E-state index contributed by atoms with van der Waals surface area (Å²) in [6.45, 7) is 7.29. The minimum atomic E-state index is -0.306. The van der Waals surface area contributed by atoms with Crippen molar-refractivity contribution < 1.29 is 14.3 Å². The number of nitrogens with one attached hydrogen (secondary N) is 1. The molecule has 0 aromatic heterocycles. The first-order valence-corrected chi connectivity index (χ1v) is 9.09. The lowest BCUT2D eigenvalue weighted by Crippen LogP contribution is -2.36. The summed E-state index contributed by atoms with van der Waals surface area (Å²) < 4.78 is 5.12. The number of ether oxygens (including phenoxy) is 1. The number of hydrogen-bond acceptors (Lipinski definition) is 3. The van der Waals surface area contributed by atoms with Crippen molar-refractivity contribution in [3.05, 3.63) is 64.7 Å². The Morgan fingerprint density at radius 1 is 1.04 bits per heavy atom. The molecule has 0 fully saturated rings. The summed E-state index contributed by atoms with van der Waals surface area (Å²) >= 11 is 0. The number of carbonyl (C=O) groups excluding carboxylic acids is 2. The molecule has 0 spiro atoms. The Balaban J connectivity index is 2.03. The average Bonchev–Trinajstić information content (AvgIpc) is 2.62. The number of anilines is 1. The molecular formula is C22H28N2O3. The fraction of sp³-hybridized carbons (Fsp3) is 0.364. The summed E-state index contributed by atoms with van der Waals surface area (Å²) in [5, 5.41) is 2.84. The van der Waals surface area contributed by atoms with Crippen LogP contribution in [0.2, 0.25) is 0 Å². The molecule has 0 aliphatic heterocycles. The van der Waals surface area contributed by atoms with Crippen LogP contribution in [0.15, 0.2) is 42.5 Å². The van der Waals surface area contributed by atoms with E-state index in [1.165, 1.54) is 0 Å². The molecule has 0 aliphatic rings. The molecule has 27 heavy (non-hydrogen) atoms. The number of rotatable bonds is 8. The van der Waals surface area contributed by atoms with E-state index in [0.717, 1.165) is 27.9 Å². The van der Waals surface area contributed by atoms with Crippen LogP contribution >= 0.6 is 0 Å². The normalized spacial score (nSPS) is 10.5. The Bertz CT molecular complexity index is 802. The maximum atomic E-state index is 12.7. The number of benzene rings is 2. The van der Waals surface area contributed by atoms with Crippen molar-refractivity contribution in [1.29, 1.82) is 0 Å². The SMILES string of the molecule is COCCN(Cc1ccccc1C)C(=O)CC(=O)Nc1ccc(C)cc1C. The summed E-state index contributed by atoms with van der Waals surface area (Å²) in [5.41, 5.74) is 5.03. The van der Waals surface area contributed by atoms with E-state index in [9.17, 15) is 9.59 Å². The van der Waals surface area contributed by atoms with Gasteiger partial charge in [0.15, 0.2) is 0 Å². The van der Waals surface area contributed by atoms with Crippen LogP contribution in [0.5, 0.6) is 0 Å². The first-order chi connectivity index (χ1) is 12.9. The molecule has 0 heterocycles. The van der Waals surface area contributed by atoms with Crippen molar-refractivity contribution in [2.24, 2.45) is 0 Å². The van der Waals surface area contributed by atoms with E-state index in [2.05, 4.69) is 5.32 Å². The smallest absolute Gasteiger partial charge is 0.233 e. The van der Waals surface area contributed by atoms with E-state index in [1.807, 2.05) is 63.2 Å². The van der Waals surface area contributed by atoms with Gasteiger partial charge in [-0.25, -0.2) is 0 Å². The van der Waals surface area contributed by atoms with Gasteiger partial charge in [0, 0.05) is 25.9 Å². The molecule has 1 N–H and O–H groups in total. The summed E-state index contributed by atoms with van der Waals surface area (Å²) in [5.74, 6) is -0.517. The Kier molecular flexibility index (Phi) is 7.55. The lowest BCUT2D eigenvalue weighted by Gasteiger charge is -2.23. The van der Waals surface area contributed by atoms with Gasteiger partial charge in [-0.05, 0) is 43.5 Å². The van der Waals surface area contributed by atoms with Crippen molar-refractivity contribution in [1.82, 2.24) is 4.90 Å². The Morgan fingerprint density at radius 2 is 1.78 bits per heavy atom. The van der Waals surface area contributed by atoms with E-state index in [-0.39, 0.29) is 18.2 Å². The molecular weight excluding hydrogens is 340 g/mol. The van der Waals surface area contributed by atoms with Gasteiger partial charge < -0.3 is 15.0 Å². The predicted octanol–water partition coefficient (Wildman–Crippen LogP) is 3.62. The molecule has 0 radical (unpaired) electrons. The highest BCUT2D eigenvalue weighted by Gasteiger charge is 2.18. The van der Waals surface area contributed by atoms with Crippen molar-refractivity contribution in [3.63, 3.8) is 0 Å². The number of nitrogens with zero attached hydrogens (tertiary/aromatic N) is 1. The fourth-order valence-corrected chi connectivity index (χ4v) is 2.88. The third-order valence-corrected chi connectivity index (χ3v) is 4.51. The standard InChI is InChI=1S/C22H28N2O3/c1-16-9-10-20(18(3)13-16)23-21(25)14-22(26)24(11-12-27-4)15-19-8-6-5-7-17(19)2/h5-10,13H,11-12,14-15H2,1-4H3,(H,23,25). The third-order valence-electron chi connectivity index (χ3n) is 4.51. The van der Waals surface area contributed by atoms with Crippen LogP contribution in [0.25, 0.3) is 0 Å². The lowest BCUT2D eigenvalue weighted by atomic mass is 10.1. The second-order valence-corrected chi connectivity index (χ2v) is 6.78. The topological polar surface area (TPSA) is 58.6 Å². The van der Waals surface area contributed by atoms with Gasteiger partial charge in [0.25, 0.3) is 0 Å². The molecule has 2 aromatic carbocycles. The molecule has 0 bridgehead atoms. The Labute approximate surface area is 161 Å². The highest BCUT2D eigenvalue weighted by molar-refractivity contribution is 6.03. The molecule has 2 aromatic rings. The lowest BCUT2D eigenvalue weighted by molar-refractivity contribution is -0.135. The highest BCUT2D eigenvalue weighted by atomic mass is 16.5. The van der Waals surface area contributed by atoms with Crippen LogP contribution in [-0.2, 0) is 20.9 Å². The molecule has 2 amide bonds. The summed E-state index contributed by atoms with van der Waals surface area (Å²) in [7, 11) is 1.60. The fourth-order valence-electron chi connectivity index (χ4n) is 2.88. The van der Waals surface area contributed by atoms with Crippen molar-refractivity contribution in [3.8, 4) is 0 Å². The number of carbonyl (C=O) groups is 2. The zero-order valence-corrected chi connectivity index (χ0v) is 16.5. The molecule has 0 saturated carbocycles. The van der Waals surface area contributed by atoms with Crippen LogP contribution < -0.4 is 5.32 Å². The Hall–Kier alpha value is -2.66. The van der Waals surface area contributed by atoms with Crippen molar-refractivity contribution in [2.45, 2.75) is 33.7 Å². The third kappa shape index (κ3) is 6.22. The number of amides is 2. The minimum absolute atomic E-state index is 0.192. The Morgan fingerprint density at radius 3 is 2.44 bits per heavy atom. The van der Waals surface area contributed by atoms with E-state index >= 15 is 0 Å². The second-order valence-electron chi connectivity index (χ2n) is 6.78. The van der Waals surface area contributed by atoms with Crippen LogP contribution in [-0.4, -0.2) is 37.0 Å². The van der Waals surface area contributed by atoms with Gasteiger partial charge >= 0.3 is 0 Å². The quantitative estimate of drug-likeness (QED) is 0.724. The second kappa shape index (κ2) is 9.88. The van der Waals surface area contributed by atoms with Crippen LogP contribution in [0, 0.1) is 20.8 Å². The van der Waals surface area contributed by atoms with Gasteiger partial charge in [-0.3, -0.25) is 9.59 Å². The molecule has 0 aliphatic carbocycles. The summed E-state index contributed by atoms with van der Waals surface area (Å²) in [6, 6.07) is 13.7. The number of methoxy groups -OCH3 is 1. The van der Waals surface area contributed by atoms with Gasteiger partial charge in [0.2, 0.25) is 11.8 Å². The first-order valence-electron chi connectivity index (χ1n) is 9.09. The average molecular weight is 368 g/mol. The van der Waals surface area contributed by atoms with Crippen LogP contribution in [0.4, 0.5) is 5.69 Å². The van der Waals surface area contributed by atoms with Crippen LogP contribution in [0.1, 0.15) is 28.7 Å². The molecule has 0 saturated heterocycles. The maximum Gasteiger partial charge on any atom is 0.233 e. The van der Waals surface area contributed by atoms with E-state index < -0.39 is 0 Å². The van der Waals surface area contributed by atoms with Gasteiger partial charge in [0.1, 0.15) is 6.42 Å². The number of hydrogen-bond donors (Lipinski definition) is 1. The van der Waals surface area contributed by atoms with E-state index in [0.29, 0.717) is 19.7 Å². The van der Waals surface area contributed by atoms with Gasteiger partial charge in [-0.15, -0.1) is 0 Å². The summed E-state index contributed by atoms with van der Waals surface area (Å²) in [4.78, 5) is 26.8. The minimum Gasteiger partial charge on any atom is -0.383 e. The monoisotopic (exact) mass is 368 g/mol. The van der Waals surface area contributed by atoms with Crippen molar-refractivity contribution >= 4 is 17.5 Å². The molecule has 2 rings (SSSR count). The van der Waals surface area contributed by atoms with Crippen LogP contribution in [0.3, 0.4) is 0 Å². The van der Waals surface area contributed by atoms with E-state index in [1.54, 1.807) is 12.0 Å². The van der Waals surface area contributed by atoms with Crippen molar-refractivity contribution in [2.75, 3.05) is 25.6 Å². The zero-order chi connectivity index (χ0) is 19.8. The molecule has 144 valence electrons. The molecule has 5 nitrogen and oxygen atoms in total. The summed E-state index contributed by atoms with van der Waals surface area (Å²) in [6.07, 6.45) is -0.192. The first kappa shape index (κ1) is 20.6. The molecule has 5 heteroatoms. The highest BCUT2D eigenvalue weighted by Crippen LogP contribution is 2.17. The predicted molar refractivity (Wildman–Crippen MR) is 108 cm³/mol. The van der Waals surface area contributed by atoms with Gasteiger partial charge in [-0.1, -0.05) is 42.0 Å². The number of aryl methyl sites for hydroxylation is 3. The largest absolute Gasteiger partial charge is 0.383 e. The maximum absolute atomic E-state index is 12.7. The van der Waals surface area contributed by atoms with Gasteiger partial charge in [0.05, 0.1) is 6.61 Å². The molecule has 0 atom stereocenters. The zero-order valence-electron chi connectivity index (χ0n) is 16.5. The molecule has 0 unspecified atom stereocenters.